The van der Waals surface area contributed by atoms with Crippen LogP contribution in [0.4, 0.5) is 4.39 Å². The average molecular weight is 325 g/mol. The monoisotopic (exact) mass is 325 g/mol. The normalized spacial score (nSPS) is 25.0. The van der Waals surface area contributed by atoms with Crippen LogP contribution in [0.2, 0.25) is 0 Å². The Morgan fingerprint density at radius 3 is 2.79 bits per heavy atom. The van der Waals surface area contributed by atoms with E-state index in [1.165, 1.54) is 11.1 Å². The summed E-state index contributed by atoms with van der Waals surface area (Å²) in [6, 6.07) is 15.5. The molecule has 1 fully saturated rings. The molecule has 0 bridgehead atoms. The zero-order valence-corrected chi connectivity index (χ0v) is 13.6. The molecule has 1 radical (unpaired) electrons. The number of benzene rings is 2. The highest BCUT2D eigenvalue weighted by Crippen LogP contribution is 2.36. The third-order valence-electron chi connectivity index (χ3n) is 4.89. The average Bonchev–Trinajstić information content (AvgIpc) is 2.91. The van der Waals surface area contributed by atoms with Crippen molar-refractivity contribution >= 4 is 0 Å². The molecule has 2 aromatic rings. The molecule has 24 heavy (non-hydrogen) atoms. The van der Waals surface area contributed by atoms with Crippen molar-refractivity contribution in [2.45, 2.75) is 25.1 Å². The Hall–Kier alpha value is -1.75. The molecule has 0 saturated carbocycles. The first-order valence-corrected chi connectivity index (χ1v) is 8.60. The molecule has 2 heterocycles. The molecule has 0 spiro atoms. The van der Waals surface area contributed by atoms with Crippen LogP contribution in [0.3, 0.4) is 0 Å². The van der Waals surface area contributed by atoms with Gasteiger partial charge in [-0.2, -0.15) is 0 Å². The van der Waals surface area contributed by atoms with E-state index in [-0.39, 0.29) is 18.1 Å². The maximum Gasteiger partial charge on any atom is 0.124 e. The van der Waals surface area contributed by atoms with Crippen LogP contribution in [-0.2, 0) is 11.2 Å². The number of nitrogens with one attached hydrogen (secondary N) is 1. The molecule has 0 aromatic heterocycles. The van der Waals surface area contributed by atoms with E-state index in [4.69, 9.17) is 4.74 Å². The van der Waals surface area contributed by atoms with Crippen LogP contribution in [0.25, 0.3) is 0 Å². The first kappa shape index (κ1) is 15.8. The highest BCUT2D eigenvalue weighted by Gasteiger charge is 2.34. The summed E-state index contributed by atoms with van der Waals surface area (Å²) >= 11 is 0. The Balaban J connectivity index is 1.73. The smallest absolute Gasteiger partial charge is 0.124 e. The van der Waals surface area contributed by atoms with E-state index in [1.807, 2.05) is 18.7 Å². The van der Waals surface area contributed by atoms with Gasteiger partial charge in [0.05, 0.1) is 12.6 Å². The summed E-state index contributed by atoms with van der Waals surface area (Å²) < 4.78 is 19.4. The van der Waals surface area contributed by atoms with E-state index < -0.39 is 0 Å². The fourth-order valence-electron chi connectivity index (χ4n) is 3.72. The minimum atomic E-state index is -0.199. The van der Waals surface area contributed by atoms with Gasteiger partial charge in [-0.3, -0.25) is 4.90 Å². The van der Waals surface area contributed by atoms with E-state index in [1.54, 1.807) is 12.1 Å². The largest absolute Gasteiger partial charge is 0.356 e. The SMILES string of the molecule is Fc1ccc([C@H]2c3ccccc3CCN2[C@@H]2CNCC[CH]O2)cc1. The Morgan fingerprint density at radius 2 is 1.92 bits per heavy atom. The zero-order chi connectivity index (χ0) is 16.4. The molecular weight excluding hydrogens is 303 g/mol. The van der Waals surface area contributed by atoms with Gasteiger partial charge in [-0.15, -0.1) is 0 Å². The molecule has 2 atom stereocenters. The molecule has 2 aliphatic heterocycles. The lowest BCUT2D eigenvalue weighted by molar-refractivity contribution is -0.0417. The van der Waals surface area contributed by atoms with Crippen molar-refractivity contribution in [3.63, 3.8) is 0 Å². The zero-order valence-electron chi connectivity index (χ0n) is 13.6. The minimum absolute atomic E-state index is 0.00379. The number of ether oxygens (including phenoxy) is 1. The Bertz CT molecular complexity index is 680. The summed E-state index contributed by atoms with van der Waals surface area (Å²) in [5.74, 6) is -0.199. The first-order valence-electron chi connectivity index (χ1n) is 8.60. The highest BCUT2D eigenvalue weighted by molar-refractivity contribution is 5.39. The number of nitrogens with zero attached hydrogens (tertiary/aromatic N) is 1. The highest BCUT2D eigenvalue weighted by atomic mass is 19.1. The maximum absolute atomic E-state index is 13.4. The van der Waals surface area contributed by atoms with Crippen LogP contribution in [0.1, 0.15) is 29.2 Å². The summed E-state index contributed by atoms with van der Waals surface area (Å²) in [4.78, 5) is 2.39. The van der Waals surface area contributed by atoms with Crippen molar-refractivity contribution in [2.75, 3.05) is 19.6 Å². The molecule has 3 nitrogen and oxygen atoms in total. The molecule has 1 saturated heterocycles. The molecule has 125 valence electrons. The number of rotatable bonds is 2. The third kappa shape index (κ3) is 3.09. The number of hydrogen-bond donors (Lipinski definition) is 1. The standard InChI is InChI=1S/C20H22FN2O/c21-17-8-6-16(7-9-17)20-18-5-2-1-4-15(18)10-12-23(20)19-14-22-11-3-13-24-19/h1-2,4-9,13,19-20,22H,3,10-12,14H2/t19-,20-/m0/s1. The Labute approximate surface area is 142 Å². The second-order valence-electron chi connectivity index (χ2n) is 6.39. The van der Waals surface area contributed by atoms with Crippen LogP contribution in [0.15, 0.2) is 48.5 Å². The van der Waals surface area contributed by atoms with Gasteiger partial charge in [0.25, 0.3) is 0 Å². The van der Waals surface area contributed by atoms with Gasteiger partial charge in [0.15, 0.2) is 0 Å². The van der Waals surface area contributed by atoms with Crippen molar-refractivity contribution in [1.29, 1.82) is 0 Å². The van der Waals surface area contributed by atoms with Gasteiger partial charge >= 0.3 is 0 Å². The van der Waals surface area contributed by atoms with Gasteiger partial charge in [-0.1, -0.05) is 36.4 Å². The summed E-state index contributed by atoms with van der Waals surface area (Å²) in [5, 5.41) is 3.44. The number of hydrogen-bond acceptors (Lipinski definition) is 3. The van der Waals surface area contributed by atoms with Crippen molar-refractivity contribution < 1.29 is 9.13 Å². The molecule has 2 aromatic carbocycles. The topological polar surface area (TPSA) is 24.5 Å². The lowest BCUT2D eigenvalue weighted by Gasteiger charge is -2.41. The van der Waals surface area contributed by atoms with Crippen molar-refractivity contribution in [1.82, 2.24) is 10.2 Å². The number of fused-ring (bicyclic) bond motifs is 1. The molecule has 1 N–H and O–H groups in total. The molecule has 4 rings (SSSR count). The van der Waals surface area contributed by atoms with Crippen LogP contribution >= 0.6 is 0 Å². The summed E-state index contributed by atoms with van der Waals surface area (Å²) in [6.45, 7) is 4.59. The quantitative estimate of drug-likeness (QED) is 0.917. The molecular formula is C20H22FN2O. The fraction of sp³-hybridized carbons (Fsp3) is 0.350. The van der Waals surface area contributed by atoms with Gasteiger partial charge < -0.3 is 10.1 Å². The molecule has 2 aliphatic rings. The van der Waals surface area contributed by atoms with Crippen molar-refractivity contribution in [2.24, 2.45) is 0 Å². The van der Waals surface area contributed by atoms with Gasteiger partial charge in [0.1, 0.15) is 12.0 Å². The Morgan fingerprint density at radius 1 is 1.08 bits per heavy atom. The third-order valence-corrected chi connectivity index (χ3v) is 4.89. The summed E-state index contributed by atoms with van der Waals surface area (Å²) in [7, 11) is 0. The summed E-state index contributed by atoms with van der Waals surface area (Å²) in [6.07, 6.45) is 1.92. The van der Waals surface area contributed by atoms with E-state index in [0.29, 0.717) is 0 Å². The van der Waals surface area contributed by atoms with E-state index in [9.17, 15) is 4.39 Å². The van der Waals surface area contributed by atoms with Crippen molar-refractivity contribution in [3.05, 3.63) is 77.6 Å². The molecule has 4 heteroatoms. The van der Waals surface area contributed by atoms with Gasteiger partial charge in [-0.25, -0.2) is 4.39 Å². The second-order valence-corrected chi connectivity index (χ2v) is 6.39. The van der Waals surface area contributed by atoms with Gasteiger partial charge in [0, 0.05) is 13.1 Å². The molecule has 0 amide bonds. The molecule has 0 aliphatic carbocycles. The minimum Gasteiger partial charge on any atom is -0.356 e. The molecule has 0 unspecified atom stereocenters. The predicted octanol–water partition coefficient (Wildman–Crippen LogP) is 3.27. The van der Waals surface area contributed by atoms with Gasteiger partial charge in [-0.05, 0) is 48.2 Å². The lowest BCUT2D eigenvalue weighted by Crippen LogP contribution is -2.48. The number of halogens is 1. The Kier molecular flexibility index (Phi) is 4.60. The van der Waals surface area contributed by atoms with E-state index in [0.717, 1.165) is 38.0 Å². The predicted molar refractivity (Wildman–Crippen MR) is 91.8 cm³/mol. The van der Waals surface area contributed by atoms with Crippen molar-refractivity contribution in [3.8, 4) is 0 Å². The van der Waals surface area contributed by atoms with Crippen LogP contribution in [0.5, 0.6) is 0 Å². The second kappa shape index (κ2) is 7.01. The maximum atomic E-state index is 13.4. The summed E-state index contributed by atoms with van der Waals surface area (Å²) in [5.41, 5.74) is 3.77. The lowest BCUT2D eigenvalue weighted by atomic mass is 9.88. The fourth-order valence-corrected chi connectivity index (χ4v) is 3.72. The van der Waals surface area contributed by atoms with Crippen LogP contribution < -0.4 is 5.32 Å². The first-order chi connectivity index (χ1) is 11.8. The van der Waals surface area contributed by atoms with E-state index >= 15 is 0 Å². The van der Waals surface area contributed by atoms with Crippen LogP contribution in [0, 0.1) is 12.4 Å². The van der Waals surface area contributed by atoms with Crippen LogP contribution in [-0.4, -0.2) is 30.8 Å². The van der Waals surface area contributed by atoms with Gasteiger partial charge in [0.2, 0.25) is 0 Å². The van der Waals surface area contributed by atoms with E-state index in [2.05, 4.69) is 34.5 Å².